The zero-order chi connectivity index (χ0) is 24.8. The van der Waals surface area contributed by atoms with Gasteiger partial charge in [-0.1, -0.05) is 36.4 Å². The Morgan fingerprint density at radius 2 is 1.66 bits per heavy atom. The Bertz CT molecular complexity index is 1460. The number of rotatable bonds is 7. The van der Waals surface area contributed by atoms with Crippen molar-refractivity contribution in [3.8, 4) is 17.6 Å². The Kier molecular flexibility index (Phi) is 6.94. The molecular formula is C28H23N3O4. The van der Waals surface area contributed by atoms with Gasteiger partial charge in [0, 0.05) is 5.69 Å². The lowest BCUT2D eigenvalue weighted by molar-refractivity contribution is -0.118. The first kappa shape index (κ1) is 23.3. The molecule has 4 rings (SSSR count). The van der Waals surface area contributed by atoms with Crippen LogP contribution in [-0.2, 0) is 4.79 Å². The summed E-state index contributed by atoms with van der Waals surface area (Å²) in [5.74, 6) is -0.00308. The first-order valence-electron chi connectivity index (χ1n) is 10.9. The van der Waals surface area contributed by atoms with Crippen LogP contribution in [0.1, 0.15) is 21.5 Å². The number of methoxy groups -OCH3 is 1. The molecule has 0 spiro atoms. The SMILES string of the molecule is COc1ccc(C)cc1NC(=O)c1cc2ccccc2cc1OCC(=O)Nc1cccc(C#N)c1. The van der Waals surface area contributed by atoms with Crippen LogP contribution in [0, 0.1) is 18.3 Å². The van der Waals surface area contributed by atoms with Gasteiger partial charge >= 0.3 is 0 Å². The van der Waals surface area contributed by atoms with Crippen LogP contribution in [0.4, 0.5) is 11.4 Å². The lowest BCUT2D eigenvalue weighted by Gasteiger charge is -2.15. The molecule has 0 fully saturated rings. The van der Waals surface area contributed by atoms with E-state index in [2.05, 4.69) is 10.6 Å². The molecule has 35 heavy (non-hydrogen) atoms. The van der Waals surface area contributed by atoms with Gasteiger partial charge in [0.25, 0.3) is 11.8 Å². The summed E-state index contributed by atoms with van der Waals surface area (Å²) >= 11 is 0. The maximum absolute atomic E-state index is 13.3. The molecule has 0 aliphatic carbocycles. The van der Waals surface area contributed by atoms with Gasteiger partial charge in [-0.05, 0) is 65.7 Å². The van der Waals surface area contributed by atoms with E-state index in [0.29, 0.717) is 22.7 Å². The molecule has 0 aromatic heterocycles. The lowest BCUT2D eigenvalue weighted by atomic mass is 10.0. The fourth-order valence-electron chi connectivity index (χ4n) is 3.63. The summed E-state index contributed by atoms with van der Waals surface area (Å²) in [6.07, 6.45) is 0. The predicted octanol–water partition coefficient (Wildman–Crippen LogP) is 5.30. The molecule has 0 aliphatic heterocycles. The standard InChI is InChI=1S/C28H23N3O4/c1-18-10-11-25(34-2)24(12-18)31-28(33)23-14-20-7-3-4-8-21(20)15-26(23)35-17-27(32)30-22-9-5-6-19(13-22)16-29/h3-15H,17H2,1-2H3,(H,30,32)(H,31,33). The molecule has 7 heteroatoms. The van der Waals surface area contributed by atoms with Crippen molar-refractivity contribution in [2.45, 2.75) is 6.92 Å². The fraction of sp³-hybridized carbons (Fsp3) is 0.107. The quantitative estimate of drug-likeness (QED) is 0.386. The average molecular weight is 466 g/mol. The van der Waals surface area contributed by atoms with Crippen molar-refractivity contribution in [3.05, 3.63) is 95.6 Å². The Morgan fingerprint density at radius 3 is 2.40 bits per heavy atom. The Balaban J connectivity index is 1.58. The number of hydrogen-bond acceptors (Lipinski definition) is 5. The molecule has 2 N–H and O–H groups in total. The summed E-state index contributed by atoms with van der Waals surface area (Å²) < 4.78 is 11.2. The summed E-state index contributed by atoms with van der Waals surface area (Å²) in [5.41, 5.74) is 2.70. The molecule has 7 nitrogen and oxygen atoms in total. The van der Waals surface area contributed by atoms with Crippen LogP contribution < -0.4 is 20.1 Å². The van der Waals surface area contributed by atoms with Gasteiger partial charge in [0.2, 0.25) is 0 Å². The molecule has 0 atom stereocenters. The molecule has 0 heterocycles. The molecule has 4 aromatic rings. The minimum atomic E-state index is -0.417. The van der Waals surface area contributed by atoms with Gasteiger partial charge in [0.15, 0.2) is 6.61 Å². The van der Waals surface area contributed by atoms with Crippen molar-refractivity contribution in [1.29, 1.82) is 5.26 Å². The second-order valence-electron chi connectivity index (χ2n) is 7.88. The number of nitrogens with one attached hydrogen (secondary N) is 2. The second kappa shape index (κ2) is 10.4. The highest BCUT2D eigenvalue weighted by Gasteiger charge is 2.17. The first-order valence-corrected chi connectivity index (χ1v) is 10.9. The Morgan fingerprint density at radius 1 is 0.886 bits per heavy atom. The number of carbonyl (C=O) groups excluding carboxylic acids is 2. The van der Waals surface area contributed by atoms with E-state index in [-0.39, 0.29) is 17.9 Å². The number of amides is 2. The van der Waals surface area contributed by atoms with Crippen LogP contribution >= 0.6 is 0 Å². The van der Waals surface area contributed by atoms with Crippen LogP contribution in [-0.4, -0.2) is 25.5 Å². The van der Waals surface area contributed by atoms with Crippen molar-refractivity contribution in [3.63, 3.8) is 0 Å². The number of benzene rings is 4. The highest BCUT2D eigenvalue weighted by Crippen LogP contribution is 2.30. The summed E-state index contributed by atoms with van der Waals surface area (Å²) in [5, 5.41) is 16.4. The minimum Gasteiger partial charge on any atom is -0.495 e. The highest BCUT2D eigenvalue weighted by atomic mass is 16.5. The maximum Gasteiger partial charge on any atom is 0.262 e. The number of carbonyl (C=O) groups is 2. The number of ether oxygens (including phenoxy) is 2. The number of nitriles is 1. The average Bonchev–Trinajstić information content (AvgIpc) is 2.87. The molecule has 0 radical (unpaired) electrons. The van der Waals surface area contributed by atoms with Crippen LogP contribution in [0.5, 0.6) is 11.5 Å². The highest BCUT2D eigenvalue weighted by molar-refractivity contribution is 6.09. The van der Waals surface area contributed by atoms with Crippen LogP contribution in [0.3, 0.4) is 0 Å². The predicted molar refractivity (Wildman–Crippen MR) is 135 cm³/mol. The van der Waals surface area contributed by atoms with E-state index in [1.54, 1.807) is 42.5 Å². The van der Waals surface area contributed by atoms with Crippen LogP contribution in [0.15, 0.2) is 78.9 Å². The maximum atomic E-state index is 13.3. The van der Waals surface area contributed by atoms with Gasteiger partial charge in [-0.3, -0.25) is 9.59 Å². The van der Waals surface area contributed by atoms with E-state index >= 15 is 0 Å². The van der Waals surface area contributed by atoms with E-state index in [1.165, 1.54) is 7.11 Å². The van der Waals surface area contributed by atoms with Gasteiger partial charge in [-0.2, -0.15) is 5.26 Å². The summed E-state index contributed by atoms with van der Waals surface area (Å²) in [6.45, 7) is 1.60. The molecule has 0 saturated carbocycles. The fourth-order valence-corrected chi connectivity index (χ4v) is 3.63. The van der Waals surface area contributed by atoms with Crippen molar-refractivity contribution < 1.29 is 19.1 Å². The zero-order valence-corrected chi connectivity index (χ0v) is 19.3. The molecular weight excluding hydrogens is 442 g/mol. The van der Waals surface area contributed by atoms with Gasteiger partial charge < -0.3 is 20.1 Å². The molecule has 0 saturated heterocycles. The minimum absolute atomic E-state index is 0.272. The van der Waals surface area contributed by atoms with Gasteiger partial charge in [-0.15, -0.1) is 0 Å². The smallest absolute Gasteiger partial charge is 0.262 e. The third-order valence-corrected chi connectivity index (χ3v) is 5.33. The van der Waals surface area contributed by atoms with E-state index in [4.69, 9.17) is 14.7 Å². The van der Waals surface area contributed by atoms with Crippen molar-refractivity contribution >= 4 is 34.0 Å². The summed E-state index contributed by atoms with van der Waals surface area (Å²) in [6, 6.07) is 25.2. The van der Waals surface area contributed by atoms with Gasteiger partial charge in [-0.25, -0.2) is 0 Å². The number of hydrogen-bond donors (Lipinski definition) is 2. The lowest BCUT2D eigenvalue weighted by Crippen LogP contribution is -2.21. The zero-order valence-electron chi connectivity index (χ0n) is 19.3. The van der Waals surface area contributed by atoms with Crippen LogP contribution in [0.2, 0.25) is 0 Å². The van der Waals surface area contributed by atoms with E-state index < -0.39 is 11.8 Å². The van der Waals surface area contributed by atoms with E-state index in [9.17, 15) is 9.59 Å². The second-order valence-corrected chi connectivity index (χ2v) is 7.88. The Hall–Kier alpha value is -4.83. The van der Waals surface area contributed by atoms with E-state index in [1.807, 2.05) is 49.4 Å². The molecule has 174 valence electrons. The third-order valence-electron chi connectivity index (χ3n) is 5.33. The van der Waals surface area contributed by atoms with E-state index in [0.717, 1.165) is 16.3 Å². The normalized spacial score (nSPS) is 10.3. The van der Waals surface area contributed by atoms with Crippen LogP contribution in [0.25, 0.3) is 10.8 Å². The molecule has 4 aromatic carbocycles. The number of nitrogens with zero attached hydrogens (tertiary/aromatic N) is 1. The first-order chi connectivity index (χ1) is 17.0. The Labute approximate surface area is 202 Å². The molecule has 2 amide bonds. The topological polar surface area (TPSA) is 100 Å². The van der Waals surface area contributed by atoms with Gasteiger partial charge in [0.1, 0.15) is 11.5 Å². The number of aryl methyl sites for hydroxylation is 1. The van der Waals surface area contributed by atoms with Crippen molar-refractivity contribution in [2.75, 3.05) is 24.4 Å². The summed E-state index contributed by atoms with van der Waals surface area (Å²) in [4.78, 5) is 25.8. The monoisotopic (exact) mass is 465 g/mol. The van der Waals surface area contributed by atoms with Gasteiger partial charge in [0.05, 0.1) is 30.0 Å². The number of fused-ring (bicyclic) bond motifs is 1. The molecule has 0 unspecified atom stereocenters. The third kappa shape index (κ3) is 5.57. The molecule has 0 bridgehead atoms. The van der Waals surface area contributed by atoms with Crippen molar-refractivity contribution in [2.24, 2.45) is 0 Å². The summed E-state index contributed by atoms with van der Waals surface area (Å²) in [7, 11) is 1.54. The van der Waals surface area contributed by atoms with Crippen molar-refractivity contribution in [1.82, 2.24) is 0 Å². The largest absolute Gasteiger partial charge is 0.495 e. The molecule has 0 aliphatic rings. The number of anilines is 2.